The second-order valence-electron chi connectivity index (χ2n) is 6.23. The standard InChI is InChI=1S/C15H19F4NO3/c1-15(2,3)6-8(7-21)20-13(22)11-9(16)4-5-10(12(11)17)23-14(18)19/h4-5,8,14,21H,6-7H2,1-3H3,(H,20,22). The third-order valence-corrected chi connectivity index (χ3v) is 2.91. The van der Waals surface area contributed by atoms with Gasteiger partial charge in [-0.1, -0.05) is 20.8 Å². The third kappa shape index (κ3) is 5.70. The molecule has 0 aliphatic rings. The van der Waals surface area contributed by atoms with E-state index in [4.69, 9.17) is 0 Å². The molecule has 0 saturated carbocycles. The highest BCUT2D eigenvalue weighted by Gasteiger charge is 2.26. The number of benzene rings is 1. The fourth-order valence-electron chi connectivity index (χ4n) is 2.09. The molecule has 0 aromatic heterocycles. The van der Waals surface area contributed by atoms with Gasteiger partial charge in [-0.05, 0) is 24.0 Å². The van der Waals surface area contributed by atoms with Gasteiger partial charge in [0.25, 0.3) is 5.91 Å². The zero-order chi connectivity index (χ0) is 17.8. The number of nitrogens with one attached hydrogen (secondary N) is 1. The van der Waals surface area contributed by atoms with Crippen LogP contribution in [0.2, 0.25) is 0 Å². The first kappa shape index (κ1) is 19.2. The van der Waals surface area contributed by atoms with Gasteiger partial charge in [0.1, 0.15) is 11.4 Å². The molecule has 0 aliphatic carbocycles. The van der Waals surface area contributed by atoms with Crippen LogP contribution in [0.15, 0.2) is 12.1 Å². The predicted molar refractivity (Wildman–Crippen MR) is 75.4 cm³/mol. The van der Waals surface area contributed by atoms with Gasteiger partial charge in [0.05, 0.1) is 12.6 Å². The first-order valence-corrected chi connectivity index (χ1v) is 6.89. The van der Waals surface area contributed by atoms with Gasteiger partial charge < -0.3 is 15.2 Å². The van der Waals surface area contributed by atoms with Crippen LogP contribution in [-0.4, -0.2) is 30.3 Å². The molecule has 0 radical (unpaired) electrons. The van der Waals surface area contributed by atoms with E-state index in [0.717, 1.165) is 0 Å². The molecule has 130 valence electrons. The molecule has 1 aromatic carbocycles. The van der Waals surface area contributed by atoms with E-state index in [1.807, 2.05) is 20.8 Å². The Bertz CT molecular complexity index is 558. The number of carbonyl (C=O) groups excluding carboxylic acids is 1. The zero-order valence-corrected chi connectivity index (χ0v) is 13.0. The molecule has 23 heavy (non-hydrogen) atoms. The highest BCUT2D eigenvalue weighted by Crippen LogP contribution is 2.26. The Morgan fingerprint density at radius 2 is 1.91 bits per heavy atom. The minimum atomic E-state index is -3.31. The Labute approximate surface area is 131 Å². The lowest BCUT2D eigenvalue weighted by Gasteiger charge is -2.25. The maximum atomic E-state index is 14.0. The summed E-state index contributed by atoms with van der Waals surface area (Å²) in [5.74, 6) is -4.81. The maximum Gasteiger partial charge on any atom is 0.387 e. The number of aliphatic hydroxyl groups is 1. The van der Waals surface area contributed by atoms with Gasteiger partial charge in [0.15, 0.2) is 11.6 Å². The van der Waals surface area contributed by atoms with Gasteiger partial charge in [-0.25, -0.2) is 8.78 Å². The number of hydrogen-bond donors (Lipinski definition) is 2. The fraction of sp³-hybridized carbons (Fsp3) is 0.533. The number of ether oxygens (including phenoxy) is 1. The fourth-order valence-corrected chi connectivity index (χ4v) is 2.09. The maximum absolute atomic E-state index is 14.0. The predicted octanol–water partition coefficient (Wildman–Crippen LogP) is 3.09. The number of alkyl halides is 2. The summed E-state index contributed by atoms with van der Waals surface area (Å²) in [5.41, 5.74) is -1.28. The first-order chi connectivity index (χ1) is 10.5. The molecule has 1 amide bonds. The van der Waals surface area contributed by atoms with E-state index in [2.05, 4.69) is 10.1 Å². The molecular formula is C15H19F4NO3. The van der Waals surface area contributed by atoms with Crippen molar-refractivity contribution in [3.05, 3.63) is 29.3 Å². The minimum absolute atomic E-state index is 0.252. The van der Waals surface area contributed by atoms with E-state index in [-0.39, 0.29) is 5.41 Å². The zero-order valence-electron chi connectivity index (χ0n) is 13.0. The molecule has 1 atom stereocenters. The van der Waals surface area contributed by atoms with Crippen LogP contribution in [0.3, 0.4) is 0 Å². The Kier molecular flexibility index (Phi) is 6.37. The summed E-state index contributed by atoms with van der Waals surface area (Å²) in [4.78, 5) is 12.0. The van der Waals surface area contributed by atoms with Gasteiger partial charge >= 0.3 is 6.61 Å². The average Bonchev–Trinajstić information content (AvgIpc) is 2.39. The summed E-state index contributed by atoms with van der Waals surface area (Å²) < 4.78 is 56.0. The quantitative estimate of drug-likeness (QED) is 0.784. The molecule has 8 heteroatoms. The van der Waals surface area contributed by atoms with Crippen molar-refractivity contribution < 1.29 is 32.2 Å². The molecule has 0 saturated heterocycles. The summed E-state index contributed by atoms with van der Waals surface area (Å²) in [6.07, 6.45) is 0.353. The monoisotopic (exact) mass is 337 g/mol. The highest BCUT2D eigenvalue weighted by molar-refractivity contribution is 5.95. The number of amides is 1. The molecule has 1 rings (SSSR count). The number of halogens is 4. The number of carbonyl (C=O) groups is 1. The third-order valence-electron chi connectivity index (χ3n) is 2.91. The molecule has 0 fully saturated rings. The van der Waals surface area contributed by atoms with E-state index in [9.17, 15) is 27.5 Å². The molecule has 4 nitrogen and oxygen atoms in total. The second-order valence-corrected chi connectivity index (χ2v) is 6.23. The van der Waals surface area contributed by atoms with Crippen LogP contribution in [0.4, 0.5) is 17.6 Å². The van der Waals surface area contributed by atoms with Crippen molar-refractivity contribution in [2.45, 2.75) is 39.8 Å². The first-order valence-electron chi connectivity index (χ1n) is 6.89. The van der Waals surface area contributed by atoms with Crippen molar-refractivity contribution >= 4 is 5.91 Å². The van der Waals surface area contributed by atoms with Crippen LogP contribution in [0.1, 0.15) is 37.6 Å². The lowest BCUT2D eigenvalue weighted by molar-refractivity contribution is -0.0523. The normalized spacial score (nSPS) is 13.1. The lowest BCUT2D eigenvalue weighted by Crippen LogP contribution is -2.40. The van der Waals surface area contributed by atoms with Crippen LogP contribution in [0.5, 0.6) is 5.75 Å². The van der Waals surface area contributed by atoms with Crippen LogP contribution < -0.4 is 10.1 Å². The van der Waals surface area contributed by atoms with E-state index in [1.165, 1.54) is 0 Å². The van der Waals surface area contributed by atoms with Crippen molar-refractivity contribution in [3.8, 4) is 5.75 Å². The molecular weight excluding hydrogens is 318 g/mol. The Hall–Kier alpha value is -1.83. The van der Waals surface area contributed by atoms with Crippen LogP contribution >= 0.6 is 0 Å². The van der Waals surface area contributed by atoms with Gasteiger partial charge in [-0.2, -0.15) is 8.78 Å². The SMILES string of the molecule is CC(C)(C)CC(CO)NC(=O)c1c(F)ccc(OC(F)F)c1F. The highest BCUT2D eigenvalue weighted by atomic mass is 19.3. The summed E-state index contributed by atoms with van der Waals surface area (Å²) in [6.45, 7) is 1.84. The van der Waals surface area contributed by atoms with Gasteiger partial charge in [0.2, 0.25) is 0 Å². The summed E-state index contributed by atoms with van der Waals surface area (Å²) in [7, 11) is 0. The lowest BCUT2D eigenvalue weighted by atomic mass is 9.88. The van der Waals surface area contributed by atoms with Crippen LogP contribution in [0, 0.1) is 17.0 Å². The smallest absolute Gasteiger partial charge is 0.387 e. The van der Waals surface area contributed by atoms with Gasteiger partial charge in [0, 0.05) is 0 Å². The minimum Gasteiger partial charge on any atom is -0.432 e. The topological polar surface area (TPSA) is 58.6 Å². The largest absolute Gasteiger partial charge is 0.432 e. The van der Waals surface area contributed by atoms with E-state index >= 15 is 0 Å². The van der Waals surface area contributed by atoms with Gasteiger partial charge in [-0.15, -0.1) is 0 Å². The van der Waals surface area contributed by atoms with Crippen molar-refractivity contribution in [3.63, 3.8) is 0 Å². The molecule has 0 aliphatic heterocycles. The van der Waals surface area contributed by atoms with Crippen LogP contribution in [-0.2, 0) is 0 Å². The average molecular weight is 337 g/mol. The van der Waals surface area contributed by atoms with Crippen LogP contribution in [0.25, 0.3) is 0 Å². The van der Waals surface area contributed by atoms with Crippen molar-refractivity contribution in [1.29, 1.82) is 0 Å². The number of hydrogen-bond acceptors (Lipinski definition) is 3. The number of rotatable bonds is 6. The van der Waals surface area contributed by atoms with E-state index in [0.29, 0.717) is 18.6 Å². The Balaban J connectivity index is 3.02. The molecule has 0 bridgehead atoms. The van der Waals surface area contributed by atoms with Crippen molar-refractivity contribution in [1.82, 2.24) is 5.32 Å². The Morgan fingerprint density at radius 1 is 1.30 bits per heavy atom. The second kappa shape index (κ2) is 7.63. The molecule has 1 unspecified atom stereocenters. The summed E-state index contributed by atoms with van der Waals surface area (Å²) in [6, 6.07) is 0.598. The summed E-state index contributed by atoms with van der Waals surface area (Å²) >= 11 is 0. The summed E-state index contributed by atoms with van der Waals surface area (Å²) in [5, 5.41) is 11.6. The van der Waals surface area contributed by atoms with E-state index < -0.39 is 48.1 Å². The Morgan fingerprint density at radius 3 is 2.39 bits per heavy atom. The van der Waals surface area contributed by atoms with Crippen molar-refractivity contribution in [2.24, 2.45) is 5.41 Å². The van der Waals surface area contributed by atoms with Crippen molar-refractivity contribution in [2.75, 3.05) is 6.61 Å². The molecule has 1 aromatic rings. The number of aliphatic hydroxyl groups excluding tert-OH is 1. The molecule has 2 N–H and O–H groups in total. The molecule has 0 heterocycles. The molecule has 0 spiro atoms. The van der Waals surface area contributed by atoms with Gasteiger partial charge in [-0.3, -0.25) is 4.79 Å². The van der Waals surface area contributed by atoms with E-state index in [1.54, 1.807) is 0 Å².